The fraction of sp³-hybridized carbons (Fsp3) is 0.0769. The molecule has 0 amide bonds. The zero-order chi connectivity index (χ0) is 15.0. The molecule has 21 heavy (non-hydrogen) atoms. The van der Waals surface area contributed by atoms with Crippen molar-refractivity contribution in [3.05, 3.63) is 46.4 Å². The van der Waals surface area contributed by atoms with Gasteiger partial charge >= 0.3 is 0 Å². The maximum Gasteiger partial charge on any atom is 0.263 e. The Morgan fingerprint density at radius 2 is 2.00 bits per heavy atom. The monoisotopic (exact) mass is 383 g/mol. The van der Waals surface area contributed by atoms with Crippen molar-refractivity contribution in [3.8, 4) is 0 Å². The van der Waals surface area contributed by atoms with Gasteiger partial charge in [-0.15, -0.1) is 0 Å². The number of hydrogen-bond acceptors (Lipinski definition) is 5. The summed E-state index contributed by atoms with van der Waals surface area (Å²) in [4.78, 5) is 0.188. The summed E-state index contributed by atoms with van der Waals surface area (Å²) in [5.74, 6) is 0. The summed E-state index contributed by atoms with van der Waals surface area (Å²) in [5.41, 5.74) is 2.62. The third-order valence-corrected chi connectivity index (χ3v) is 5.79. The van der Waals surface area contributed by atoms with Gasteiger partial charge in [0.2, 0.25) is 0 Å². The Balaban J connectivity index is 2.05. The van der Waals surface area contributed by atoms with E-state index in [0.29, 0.717) is 21.2 Å². The van der Waals surface area contributed by atoms with Crippen LogP contribution in [0.25, 0.3) is 11.0 Å². The topological polar surface area (TPSA) is 72.0 Å². The summed E-state index contributed by atoms with van der Waals surface area (Å²) in [6, 6.07) is 10.3. The molecule has 2 aromatic carbocycles. The van der Waals surface area contributed by atoms with E-state index in [1.165, 1.54) is 0 Å². The quantitative estimate of drug-likeness (QED) is 0.750. The second-order valence-corrected chi connectivity index (χ2v) is 7.51. The number of anilines is 1. The largest absolute Gasteiger partial charge is 0.277 e. The molecule has 0 unspecified atom stereocenters. The van der Waals surface area contributed by atoms with Gasteiger partial charge in [0, 0.05) is 4.47 Å². The Bertz CT molecular complexity index is 922. The Hall–Kier alpha value is -1.51. The van der Waals surface area contributed by atoms with Gasteiger partial charge in [-0.2, -0.15) is 8.75 Å². The Morgan fingerprint density at radius 3 is 2.76 bits per heavy atom. The first-order valence-electron chi connectivity index (χ1n) is 5.97. The van der Waals surface area contributed by atoms with Crippen LogP contribution < -0.4 is 4.72 Å². The zero-order valence-electron chi connectivity index (χ0n) is 10.9. The van der Waals surface area contributed by atoms with E-state index in [0.717, 1.165) is 17.3 Å². The molecule has 108 valence electrons. The SMILES string of the molecule is Cc1ccc(S(=O)(=O)Nc2cccc3nsnc23)c(Br)c1. The molecule has 0 aliphatic carbocycles. The Morgan fingerprint density at radius 1 is 1.19 bits per heavy atom. The second-order valence-electron chi connectivity index (χ2n) is 4.48. The molecule has 0 saturated carbocycles. The fourth-order valence-electron chi connectivity index (χ4n) is 1.91. The lowest BCUT2D eigenvalue weighted by Crippen LogP contribution is -2.14. The van der Waals surface area contributed by atoms with Crippen LogP contribution in [0.2, 0.25) is 0 Å². The van der Waals surface area contributed by atoms with Crippen molar-refractivity contribution in [2.75, 3.05) is 4.72 Å². The lowest BCUT2D eigenvalue weighted by atomic mass is 10.2. The molecule has 1 aromatic heterocycles. The highest BCUT2D eigenvalue weighted by molar-refractivity contribution is 9.10. The molecule has 1 heterocycles. The van der Waals surface area contributed by atoms with E-state index in [-0.39, 0.29) is 4.90 Å². The van der Waals surface area contributed by atoms with E-state index in [1.54, 1.807) is 36.4 Å². The van der Waals surface area contributed by atoms with Crippen LogP contribution in [0.15, 0.2) is 45.8 Å². The van der Waals surface area contributed by atoms with E-state index < -0.39 is 10.0 Å². The van der Waals surface area contributed by atoms with Gasteiger partial charge in [-0.1, -0.05) is 12.1 Å². The molecule has 0 saturated heterocycles. The first kappa shape index (κ1) is 14.4. The third kappa shape index (κ3) is 2.78. The summed E-state index contributed by atoms with van der Waals surface area (Å²) >= 11 is 4.34. The minimum absolute atomic E-state index is 0.188. The number of fused-ring (bicyclic) bond motifs is 1. The summed E-state index contributed by atoms with van der Waals surface area (Å²) in [7, 11) is -3.69. The molecule has 8 heteroatoms. The highest BCUT2D eigenvalue weighted by atomic mass is 79.9. The summed E-state index contributed by atoms with van der Waals surface area (Å²) in [6.07, 6.45) is 0. The maximum absolute atomic E-state index is 12.5. The molecule has 0 bridgehead atoms. The van der Waals surface area contributed by atoms with Crippen LogP contribution in [0.5, 0.6) is 0 Å². The van der Waals surface area contributed by atoms with Crippen LogP contribution in [-0.4, -0.2) is 17.2 Å². The molecule has 3 rings (SSSR count). The van der Waals surface area contributed by atoms with Gasteiger partial charge in [0.05, 0.1) is 17.4 Å². The third-order valence-electron chi connectivity index (χ3n) is 2.91. The molecule has 0 atom stereocenters. The lowest BCUT2D eigenvalue weighted by molar-refractivity contribution is 0.601. The van der Waals surface area contributed by atoms with Gasteiger partial charge in [0.15, 0.2) is 0 Å². The number of nitrogens with zero attached hydrogens (tertiary/aromatic N) is 2. The van der Waals surface area contributed by atoms with Gasteiger partial charge in [0.1, 0.15) is 15.9 Å². The van der Waals surface area contributed by atoms with Gasteiger partial charge in [-0.3, -0.25) is 4.72 Å². The molecule has 1 N–H and O–H groups in total. The molecular formula is C13H10BrN3O2S2. The van der Waals surface area contributed by atoms with Gasteiger partial charge in [-0.25, -0.2) is 8.42 Å². The molecular weight excluding hydrogens is 374 g/mol. The van der Waals surface area contributed by atoms with E-state index in [9.17, 15) is 8.42 Å². The highest BCUT2D eigenvalue weighted by Crippen LogP contribution is 2.28. The Kier molecular flexibility index (Phi) is 3.68. The number of rotatable bonds is 3. The number of nitrogens with one attached hydrogen (secondary N) is 1. The maximum atomic E-state index is 12.5. The summed E-state index contributed by atoms with van der Waals surface area (Å²) in [5, 5.41) is 0. The number of aryl methyl sites for hydroxylation is 1. The molecule has 0 spiro atoms. The number of sulfonamides is 1. The predicted octanol–water partition coefficient (Wildman–Crippen LogP) is 3.56. The number of hydrogen-bond donors (Lipinski definition) is 1. The normalized spacial score (nSPS) is 11.7. The number of aromatic nitrogens is 2. The van der Waals surface area contributed by atoms with Crippen molar-refractivity contribution in [3.63, 3.8) is 0 Å². The molecule has 3 aromatic rings. The molecule has 0 aliphatic heterocycles. The second kappa shape index (κ2) is 5.36. The van der Waals surface area contributed by atoms with Crippen LogP contribution in [0, 0.1) is 6.92 Å². The van der Waals surface area contributed by atoms with Crippen LogP contribution in [-0.2, 0) is 10.0 Å². The predicted molar refractivity (Wildman–Crippen MR) is 87.1 cm³/mol. The summed E-state index contributed by atoms with van der Waals surface area (Å²) < 4.78 is 36.3. The summed E-state index contributed by atoms with van der Waals surface area (Å²) in [6.45, 7) is 1.90. The van der Waals surface area contributed by atoms with Crippen LogP contribution in [0.3, 0.4) is 0 Å². The minimum Gasteiger partial charge on any atom is -0.277 e. The lowest BCUT2D eigenvalue weighted by Gasteiger charge is -2.10. The average molecular weight is 384 g/mol. The van der Waals surface area contributed by atoms with Crippen molar-refractivity contribution in [2.45, 2.75) is 11.8 Å². The van der Waals surface area contributed by atoms with E-state index >= 15 is 0 Å². The standard InChI is InChI=1S/C13H10BrN3O2S2/c1-8-5-6-12(9(14)7-8)21(18,19)17-11-4-2-3-10-13(11)16-20-15-10/h2-7,17H,1H3. The number of benzene rings is 2. The average Bonchev–Trinajstić information content (AvgIpc) is 2.87. The van der Waals surface area contributed by atoms with Gasteiger partial charge < -0.3 is 0 Å². The van der Waals surface area contributed by atoms with Crippen LogP contribution in [0.1, 0.15) is 5.56 Å². The van der Waals surface area contributed by atoms with E-state index in [2.05, 4.69) is 29.4 Å². The molecule has 0 radical (unpaired) electrons. The fourth-order valence-corrected chi connectivity index (χ4v) is 4.72. The molecule has 0 fully saturated rings. The van der Waals surface area contributed by atoms with Gasteiger partial charge in [-0.05, 0) is 52.7 Å². The first-order chi connectivity index (χ1) is 9.97. The molecule has 0 aliphatic rings. The zero-order valence-corrected chi connectivity index (χ0v) is 14.1. The molecule has 5 nitrogen and oxygen atoms in total. The van der Waals surface area contributed by atoms with Crippen molar-refractivity contribution < 1.29 is 8.42 Å². The first-order valence-corrected chi connectivity index (χ1v) is 8.98. The van der Waals surface area contributed by atoms with Crippen LogP contribution in [0.4, 0.5) is 5.69 Å². The minimum atomic E-state index is -3.69. The van der Waals surface area contributed by atoms with Crippen molar-refractivity contribution in [1.82, 2.24) is 8.75 Å². The van der Waals surface area contributed by atoms with Crippen molar-refractivity contribution in [1.29, 1.82) is 0 Å². The number of halogens is 1. The van der Waals surface area contributed by atoms with E-state index in [4.69, 9.17) is 0 Å². The smallest absolute Gasteiger partial charge is 0.263 e. The highest BCUT2D eigenvalue weighted by Gasteiger charge is 2.19. The van der Waals surface area contributed by atoms with Gasteiger partial charge in [0.25, 0.3) is 10.0 Å². The Labute approximate surface area is 134 Å². The van der Waals surface area contributed by atoms with Crippen LogP contribution >= 0.6 is 27.7 Å². The van der Waals surface area contributed by atoms with Crippen molar-refractivity contribution >= 4 is 54.4 Å². The van der Waals surface area contributed by atoms with Crippen molar-refractivity contribution in [2.24, 2.45) is 0 Å². The van der Waals surface area contributed by atoms with E-state index in [1.807, 2.05) is 6.92 Å².